The summed E-state index contributed by atoms with van der Waals surface area (Å²) < 4.78 is 37.8. The number of unbranched alkanes of at least 4 members (excludes halogenated alkanes) is 1. The Labute approximate surface area is 400 Å². The average Bonchev–Trinajstić information content (AvgIpc) is 4.00. The van der Waals surface area contributed by atoms with E-state index in [1.807, 2.05) is 58.0 Å². The lowest BCUT2D eigenvalue weighted by atomic mass is 9.85. The summed E-state index contributed by atoms with van der Waals surface area (Å²) in [6.45, 7) is 12.7. The fourth-order valence-electron chi connectivity index (χ4n) is 7.93. The van der Waals surface area contributed by atoms with E-state index in [1.54, 1.807) is 35.8 Å². The first-order chi connectivity index (χ1) is 31.9. The number of halogens is 2. The van der Waals surface area contributed by atoms with E-state index in [-0.39, 0.29) is 59.0 Å². The van der Waals surface area contributed by atoms with Crippen molar-refractivity contribution in [3.63, 3.8) is 0 Å². The van der Waals surface area contributed by atoms with Crippen LogP contribution in [-0.2, 0) is 35.2 Å². The molecule has 0 spiro atoms. The molecule has 2 atom stereocenters. The Bertz CT molecular complexity index is 2490. The minimum Gasteiger partial charge on any atom is -0.491 e. The van der Waals surface area contributed by atoms with Gasteiger partial charge >= 0.3 is 0 Å². The Morgan fingerprint density at radius 3 is 2.39 bits per heavy atom. The van der Waals surface area contributed by atoms with Crippen LogP contribution in [0, 0.1) is 29.5 Å². The highest BCUT2D eigenvalue weighted by atomic mass is 35.5. The topological polar surface area (TPSA) is 180 Å². The summed E-state index contributed by atoms with van der Waals surface area (Å²) in [5.74, 6) is -1.16. The first-order valence-corrected chi connectivity index (χ1v) is 23.0. The second kappa shape index (κ2) is 22.2. The number of amides is 4. The highest BCUT2D eigenvalue weighted by Gasteiger charge is 2.50. The van der Waals surface area contributed by atoms with E-state index in [0.29, 0.717) is 75.5 Å². The van der Waals surface area contributed by atoms with E-state index in [2.05, 4.69) is 15.6 Å². The molecule has 67 heavy (non-hydrogen) atoms. The fourth-order valence-corrected chi connectivity index (χ4v) is 8.67. The molecule has 0 aliphatic carbocycles. The number of likely N-dealkylation sites (tertiary alicyclic amines) is 1. The molecule has 4 amide bonds. The number of thiocarbonyl (C=S) groups is 1. The summed E-state index contributed by atoms with van der Waals surface area (Å²) in [5.41, 5.74) is 1.86. The molecular weight excluding hydrogens is 901 g/mol. The number of hydrogen-bond acceptors (Lipinski definition) is 11. The molecule has 2 fully saturated rings. The lowest BCUT2D eigenvalue weighted by Crippen LogP contribution is -2.58. The molecule has 0 bridgehead atoms. The maximum Gasteiger partial charge on any atom is 0.259 e. The van der Waals surface area contributed by atoms with E-state index < -0.39 is 34.8 Å². The molecule has 3 aromatic carbocycles. The van der Waals surface area contributed by atoms with E-state index in [1.165, 1.54) is 35.6 Å². The van der Waals surface area contributed by atoms with Crippen molar-refractivity contribution in [3.8, 4) is 23.1 Å². The van der Waals surface area contributed by atoms with Crippen molar-refractivity contribution in [1.82, 2.24) is 20.5 Å². The summed E-state index contributed by atoms with van der Waals surface area (Å²) in [4.78, 5) is 62.4. The quantitative estimate of drug-likeness (QED) is 0.0654. The van der Waals surface area contributed by atoms with E-state index in [0.717, 1.165) is 16.8 Å². The van der Waals surface area contributed by atoms with Crippen LogP contribution in [0.5, 0.6) is 5.75 Å². The first kappa shape index (κ1) is 50.5. The van der Waals surface area contributed by atoms with Crippen molar-refractivity contribution in [3.05, 3.63) is 94.7 Å². The van der Waals surface area contributed by atoms with Crippen LogP contribution < -0.4 is 25.2 Å². The Morgan fingerprint density at radius 2 is 1.72 bits per heavy atom. The van der Waals surface area contributed by atoms with Crippen molar-refractivity contribution in [2.45, 2.75) is 97.8 Å². The molecular formula is C49H57ClFN7O8S. The van der Waals surface area contributed by atoms with E-state index in [4.69, 9.17) is 42.4 Å². The van der Waals surface area contributed by atoms with Crippen LogP contribution in [0.3, 0.4) is 0 Å². The highest BCUT2D eigenvalue weighted by Crippen LogP contribution is 2.39. The van der Waals surface area contributed by atoms with E-state index >= 15 is 4.39 Å². The van der Waals surface area contributed by atoms with Crippen molar-refractivity contribution in [1.29, 1.82) is 5.26 Å². The second-order valence-corrected chi connectivity index (χ2v) is 18.8. The number of aromatic nitrogens is 1. The molecule has 15 nitrogen and oxygen atoms in total. The van der Waals surface area contributed by atoms with Crippen LogP contribution in [0.15, 0.2) is 71.5 Å². The van der Waals surface area contributed by atoms with Crippen LogP contribution in [0.2, 0.25) is 5.02 Å². The normalized spacial score (nSPS) is 16.3. The molecule has 2 N–H and O–H groups in total. The van der Waals surface area contributed by atoms with Crippen LogP contribution in [0.1, 0.15) is 83.5 Å². The molecule has 4 aromatic rings. The maximum absolute atomic E-state index is 15.3. The standard InChI is InChI=1S/C49H57ClFN7O8S/c1-31-42(66-30-54-31)33-14-12-32(13-15-33)28-53-44(60)39-11-9-20-56(39)45(61)43(48(2,3)4)55-41(59)29-64-23-10-22-63-21-7-8-24-65-40-19-18-36(26-38(40)51)58-47(67)57(46(62)49(58,5)6)35-17-16-34(27-52)37(50)25-35/h12-19,25-26,30,39,43H,7-11,20-24,28-29H2,1-6H3,(H,53,60)(H,55,59)/t39-,43+/m0/s1. The Balaban J connectivity index is 0.858. The fraction of sp³-hybridized carbons (Fsp3) is 0.449. The second-order valence-electron chi connectivity index (χ2n) is 18.0. The monoisotopic (exact) mass is 957 g/mol. The van der Waals surface area contributed by atoms with Gasteiger partial charge < -0.3 is 39.1 Å². The number of oxazole rings is 1. The molecule has 18 heteroatoms. The largest absolute Gasteiger partial charge is 0.491 e. The number of carbonyl (C=O) groups is 4. The molecule has 3 heterocycles. The SMILES string of the molecule is Cc1ncoc1-c1ccc(CNC(=O)[C@@H]2CCCN2C(=O)[C@@H](NC(=O)COCCCOCCCCOc2ccc(N3C(=S)N(c4ccc(C#N)c(Cl)c4)C(=O)C3(C)C)cc2F)C(C)(C)C)cc1. The number of carbonyl (C=O) groups excluding carboxylic acids is 4. The summed E-state index contributed by atoms with van der Waals surface area (Å²) in [6.07, 6.45) is 4.42. The summed E-state index contributed by atoms with van der Waals surface area (Å²) in [7, 11) is 0. The highest BCUT2D eigenvalue weighted by molar-refractivity contribution is 7.81. The third-order valence-corrected chi connectivity index (χ3v) is 12.3. The van der Waals surface area contributed by atoms with Gasteiger partial charge in [0, 0.05) is 50.2 Å². The first-order valence-electron chi connectivity index (χ1n) is 22.3. The lowest BCUT2D eigenvalue weighted by molar-refractivity contribution is -0.144. The molecule has 0 radical (unpaired) electrons. The Kier molecular flexibility index (Phi) is 16.8. The van der Waals surface area contributed by atoms with Crippen LogP contribution in [0.4, 0.5) is 15.8 Å². The van der Waals surface area contributed by atoms with Crippen molar-refractivity contribution < 1.29 is 42.2 Å². The number of anilines is 2. The number of rotatable bonds is 20. The van der Waals surface area contributed by atoms with Crippen LogP contribution in [-0.4, -0.2) is 95.8 Å². The summed E-state index contributed by atoms with van der Waals surface area (Å²) >= 11 is 11.9. The number of nitrogens with zero attached hydrogens (tertiary/aromatic N) is 5. The number of aryl methyl sites for hydroxylation is 1. The number of hydrogen-bond donors (Lipinski definition) is 2. The molecule has 6 rings (SSSR count). The zero-order chi connectivity index (χ0) is 48.5. The van der Waals surface area contributed by atoms with Crippen LogP contribution >= 0.6 is 23.8 Å². The van der Waals surface area contributed by atoms with Gasteiger partial charge in [-0.2, -0.15) is 5.26 Å². The van der Waals surface area contributed by atoms with Crippen molar-refractivity contribution >= 4 is 63.9 Å². The Hall–Kier alpha value is -5.93. The number of nitriles is 1. The van der Waals surface area contributed by atoms with Gasteiger partial charge in [-0.15, -0.1) is 0 Å². The van der Waals surface area contributed by atoms with Gasteiger partial charge in [-0.3, -0.25) is 24.1 Å². The minimum atomic E-state index is -1.14. The van der Waals surface area contributed by atoms with Crippen molar-refractivity contribution in [2.24, 2.45) is 5.41 Å². The van der Waals surface area contributed by atoms with Gasteiger partial charge in [-0.25, -0.2) is 9.37 Å². The maximum atomic E-state index is 15.3. The van der Waals surface area contributed by atoms with Crippen LogP contribution in [0.25, 0.3) is 11.3 Å². The molecule has 1 aromatic heterocycles. The third kappa shape index (κ3) is 12.2. The van der Waals surface area contributed by atoms with Gasteiger partial charge in [-0.05, 0) is 106 Å². The number of nitrogens with one attached hydrogen (secondary N) is 2. The number of ether oxygens (including phenoxy) is 3. The average molecular weight is 959 g/mol. The predicted molar refractivity (Wildman–Crippen MR) is 255 cm³/mol. The third-order valence-electron chi connectivity index (χ3n) is 11.6. The predicted octanol–water partition coefficient (Wildman–Crippen LogP) is 7.65. The minimum absolute atomic E-state index is 0.0614. The van der Waals surface area contributed by atoms with Crippen molar-refractivity contribution in [2.75, 3.05) is 49.4 Å². The Morgan fingerprint density at radius 1 is 1.01 bits per heavy atom. The van der Waals surface area contributed by atoms with Gasteiger partial charge in [-0.1, -0.05) is 56.6 Å². The zero-order valence-electron chi connectivity index (χ0n) is 38.7. The zero-order valence-corrected chi connectivity index (χ0v) is 40.2. The van der Waals surface area contributed by atoms with Gasteiger partial charge in [0.05, 0.1) is 28.6 Å². The molecule has 2 aliphatic heterocycles. The molecule has 2 saturated heterocycles. The number of benzene rings is 3. The molecule has 0 saturated carbocycles. The lowest BCUT2D eigenvalue weighted by Gasteiger charge is -2.35. The summed E-state index contributed by atoms with van der Waals surface area (Å²) in [5, 5.41) is 15.4. The molecule has 2 aliphatic rings. The molecule has 0 unspecified atom stereocenters. The van der Waals surface area contributed by atoms with Gasteiger partial charge in [0.2, 0.25) is 17.7 Å². The molecule has 356 valence electrons. The van der Waals surface area contributed by atoms with E-state index in [9.17, 15) is 24.4 Å². The van der Waals surface area contributed by atoms with Gasteiger partial charge in [0.15, 0.2) is 28.8 Å². The summed E-state index contributed by atoms with van der Waals surface area (Å²) in [6, 6.07) is 17.2. The van der Waals surface area contributed by atoms with Gasteiger partial charge in [0.25, 0.3) is 5.91 Å². The van der Waals surface area contributed by atoms with Gasteiger partial charge in [0.1, 0.15) is 30.3 Å². The smallest absolute Gasteiger partial charge is 0.259 e.